The van der Waals surface area contributed by atoms with E-state index < -0.39 is 7.14 Å². The highest BCUT2D eigenvalue weighted by Crippen LogP contribution is 2.48. The van der Waals surface area contributed by atoms with E-state index in [1.165, 1.54) is 56.9 Å². The summed E-state index contributed by atoms with van der Waals surface area (Å²) in [6, 6.07) is 10.5. The number of unbranched alkanes of at least 4 members (excludes halogenated alkanes) is 8. The first-order valence-corrected chi connectivity index (χ1v) is 13.2. The number of benzene rings is 1. The zero-order chi connectivity index (χ0) is 18.9. The van der Waals surface area contributed by atoms with Gasteiger partial charge >= 0.3 is 0 Å². The minimum Gasteiger partial charge on any atom is -0.324 e. The first-order valence-electron chi connectivity index (χ1n) is 11.0. The molecule has 0 bridgehead atoms. The highest BCUT2D eigenvalue weighted by atomic mass is 31.2. The predicted molar refractivity (Wildman–Crippen MR) is 120 cm³/mol. The van der Waals surface area contributed by atoms with Crippen LogP contribution < -0.4 is 0 Å². The zero-order valence-corrected chi connectivity index (χ0v) is 18.2. The van der Waals surface area contributed by atoms with Crippen molar-refractivity contribution < 1.29 is 4.57 Å². The van der Waals surface area contributed by atoms with E-state index in [0.29, 0.717) is 0 Å². The second-order valence-electron chi connectivity index (χ2n) is 7.66. The van der Waals surface area contributed by atoms with Crippen molar-refractivity contribution in [1.82, 2.24) is 0 Å². The van der Waals surface area contributed by atoms with Crippen LogP contribution in [0.2, 0.25) is 0 Å². The molecule has 1 aromatic carbocycles. The summed E-state index contributed by atoms with van der Waals surface area (Å²) in [4.78, 5) is 0. The molecule has 0 aromatic heterocycles. The number of rotatable bonds is 16. The Hall–Kier alpha value is -0.810. The van der Waals surface area contributed by atoms with Crippen molar-refractivity contribution in [1.29, 1.82) is 0 Å². The number of hydrogen-bond acceptors (Lipinski definition) is 1. The molecular formula is C24H41OP. The molecule has 148 valence electrons. The van der Waals surface area contributed by atoms with Crippen LogP contribution in [-0.2, 0) is 4.57 Å². The predicted octanol–water partition coefficient (Wildman–Crippen LogP) is 8.39. The van der Waals surface area contributed by atoms with Gasteiger partial charge < -0.3 is 4.57 Å². The largest absolute Gasteiger partial charge is 0.324 e. The van der Waals surface area contributed by atoms with E-state index in [1.54, 1.807) is 0 Å². The maximum absolute atomic E-state index is 13.4. The topological polar surface area (TPSA) is 17.1 Å². The Morgan fingerprint density at radius 2 is 1.27 bits per heavy atom. The van der Waals surface area contributed by atoms with Crippen LogP contribution in [0.4, 0.5) is 0 Å². The molecule has 0 amide bonds. The van der Waals surface area contributed by atoms with Crippen LogP contribution in [-0.4, -0.2) is 18.5 Å². The van der Waals surface area contributed by atoms with Gasteiger partial charge in [-0.25, -0.2) is 0 Å². The summed E-state index contributed by atoms with van der Waals surface area (Å²) < 4.78 is 13.4. The number of hydrogen-bond donors (Lipinski definition) is 0. The Balaban J connectivity index is 2.31. The average Bonchev–Trinajstić information content (AvgIpc) is 2.66. The molecule has 0 aliphatic carbocycles. The van der Waals surface area contributed by atoms with Gasteiger partial charge in [0.2, 0.25) is 0 Å². The molecule has 0 radical (unpaired) electrons. The molecule has 0 saturated carbocycles. The third-order valence-electron chi connectivity index (χ3n) is 5.13. The van der Waals surface area contributed by atoms with Crippen molar-refractivity contribution in [3.8, 4) is 0 Å². The Labute approximate surface area is 163 Å². The van der Waals surface area contributed by atoms with Crippen molar-refractivity contribution >= 4 is 13.2 Å². The molecule has 0 saturated heterocycles. The lowest BCUT2D eigenvalue weighted by Gasteiger charge is -2.18. The Bertz CT molecular complexity index is 490. The average molecular weight is 377 g/mol. The molecule has 0 heterocycles. The van der Waals surface area contributed by atoms with E-state index >= 15 is 0 Å². The summed E-state index contributed by atoms with van der Waals surface area (Å²) in [6.07, 6.45) is 20.8. The van der Waals surface area contributed by atoms with E-state index in [4.69, 9.17) is 0 Å². The smallest absolute Gasteiger partial charge is 0.0877 e. The van der Waals surface area contributed by atoms with E-state index in [-0.39, 0.29) is 0 Å². The van der Waals surface area contributed by atoms with Gasteiger partial charge in [0.1, 0.15) is 0 Å². The summed E-state index contributed by atoms with van der Waals surface area (Å²) in [5.41, 5.74) is 1.27. The van der Waals surface area contributed by atoms with Gasteiger partial charge in [0.05, 0.1) is 7.14 Å². The molecular weight excluding hydrogens is 335 g/mol. The molecule has 0 atom stereocenters. The highest BCUT2D eigenvalue weighted by Gasteiger charge is 2.20. The van der Waals surface area contributed by atoms with E-state index in [1.807, 2.05) is 0 Å². The van der Waals surface area contributed by atoms with Crippen LogP contribution in [0.15, 0.2) is 36.4 Å². The summed E-state index contributed by atoms with van der Waals surface area (Å²) in [6.45, 7) is 4.49. The third-order valence-corrected chi connectivity index (χ3v) is 8.53. The fourth-order valence-electron chi connectivity index (χ4n) is 3.43. The normalized spacial score (nSPS) is 12.1. The first-order chi connectivity index (χ1) is 12.7. The van der Waals surface area contributed by atoms with E-state index in [9.17, 15) is 4.57 Å². The van der Waals surface area contributed by atoms with Crippen molar-refractivity contribution in [2.24, 2.45) is 0 Å². The van der Waals surface area contributed by atoms with Crippen LogP contribution >= 0.6 is 7.14 Å². The molecule has 2 heteroatoms. The maximum atomic E-state index is 13.4. The summed E-state index contributed by atoms with van der Waals surface area (Å²) >= 11 is 0. The Morgan fingerprint density at radius 1 is 0.731 bits per heavy atom. The van der Waals surface area contributed by atoms with Gasteiger partial charge in [-0.05, 0) is 37.7 Å². The van der Waals surface area contributed by atoms with Crippen molar-refractivity contribution in [3.63, 3.8) is 0 Å². The van der Waals surface area contributed by atoms with Crippen molar-refractivity contribution in [2.75, 3.05) is 18.5 Å². The standard InChI is InChI=1S/C24H41OP/c1-3-5-7-15-21-26(25,22-16-8-6-4-2)23-17-10-9-12-18-24-19-13-11-14-20-24/h11-14,18-20H,3-10,15-17,21-23H2,1-2H3. The molecule has 1 nitrogen and oxygen atoms in total. The first kappa shape index (κ1) is 23.2. The highest BCUT2D eigenvalue weighted by molar-refractivity contribution is 7.63. The van der Waals surface area contributed by atoms with Crippen molar-refractivity contribution in [3.05, 3.63) is 42.0 Å². The molecule has 1 rings (SSSR count). The number of allylic oxidation sites excluding steroid dienone is 1. The van der Waals surface area contributed by atoms with Gasteiger partial charge in [0.25, 0.3) is 0 Å². The maximum Gasteiger partial charge on any atom is 0.0877 e. The molecule has 0 fully saturated rings. The summed E-state index contributed by atoms with van der Waals surface area (Å²) in [5, 5.41) is 0. The quantitative estimate of drug-likeness (QED) is 0.209. The van der Waals surface area contributed by atoms with Gasteiger partial charge in [-0.2, -0.15) is 0 Å². The van der Waals surface area contributed by atoms with Crippen LogP contribution in [0, 0.1) is 0 Å². The summed E-state index contributed by atoms with van der Waals surface area (Å²) in [5.74, 6) is 0. The summed E-state index contributed by atoms with van der Waals surface area (Å²) in [7, 11) is -1.93. The molecule has 0 unspecified atom stereocenters. The van der Waals surface area contributed by atoms with Crippen LogP contribution in [0.25, 0.3) is 6.08 Å². The van der Waals surface area contributed by atoms with Crippen LogP contribution in [0.1, 0.15) is 90.0 Å². The third kappa shape index (κ3) is 11.7. The molecule has 1 aromatic rings. The molecule has 0 aliphatic heterocycles. The van der Waals surface area contributed by atoms with Gasteiger partial charge in [-0.1, -0.05) is 94.9 Å². The lowest BCUT2D eigenvalue weighted by Crippen LogP contribution is -2.01. The monoisotopic (exact) mass is 376 g/mol. The van der Waals surface area contributed by atoms with Gasteiger partial charge in [0.15, 0.2) is 0 Å². The fourth-order valence-corrected chi connectivity index (χ4v) is 6.51. The van der Waals surface area contributed by atoms with E-state index in [2.05, 4.69) is 56.3 Å². The zero-order valence-electron chi connectivity index (χ0n) is 17.3. The van der Waals surface area contributed by atoms with Crippen LogP contribution in [0.5, 0.6) is 0 Å². The molecule has 0 aliphatic rings. The SMILES string of the molecule is CCCCCCP(=O)(CCCCC=Cc1ccccc1)CCCCCC. The molecule has 0 spiro atoms. The van der Waals surface area contributed by atoms with Gasteiger partial charge in [0, 0.05) is 18.5 Å². The van der Waals surface area contributed by atoms with Gasteiger partial charge in [-0.15, -0.1) is 0 Å². The van der Waals surface area contributed by atoms with Crippen molar-refractivity contribution in [2.45, 2.75) is 84.5 Å². The van der Waals surface area contributed by atoms with Crippen LogP contribution in [0.3, 0.4) is 0 Å². The minimum absolute atomic E-state index is 0.977. The van der Waals surface area contributed by atoms with E-state index in [0.717, 1.165) is 37.7 Å². The molecule has 0 N–H and O–H groups in total. The van der Waals surface area contributed by atoms with Gasteiger partial charge in [-0.3, -0.25) is 0 Å². The lowest BCUT2D eigenvalue weighted by atomic mass is 10.2. The second-order valence-corrected chi connectivity index (χ2v) is 11.1. The lowest BCUT2D eigenvalue weighted by molar-refractivity contribution is 0.562. The Morgan fingerprint density at radius 3 is 1.81 bits per heavy atom. The minimum atomic E-state index is -1.93. The fraction of sp³-hybridized carbons (Fsp3) is 0.667. The molecule has 26 heavy (non-hydrogen) atoms. The Kier molecular flexibility index (Phi) is 13.6. The second kappa shape index (κ2) is 15.3.